The van der Waals surface area contributed by atoms with Crippen molar-refractivity contribution in [1.82, 2.24) is 10.2 Å². The fourth-order valence-electron chi connectivity index (χ4n) is 5.59. The van der Waals surface area contributed by atoms with E-state index in [-0.39, 0.29) is 12.4 Å². The third-order valence-electron chi connectivity index (χ3n) is 7.65. The number of nitrogens with one attached hydrogen (secondary N) is 1. The summed E-state index contributed by atoms with van der Waals surface area (Å²) in [5.74, 6) is 0.694. The predicted octanol–water partition coefficient (Wildman–Crippen LogP) is 6.16. The second-order valence-electron chi connectivity index (χ2n) is 8.86. The number of hydrogen-bond donors (Lipinski definition) is 1. The van der Waals surface area contributed by atoms with Gasteiger partial charge in [0.1, 0.15) is 0 Å². The topological polar surface area (TPSA) is 28.4 Å². The molecule has 4 heteroatoms. The van der Waals surface area contributed by atoms with E-state index in [2.05, 4.69) is 54.4 Å². The molecule has 1 saturated heterocycles. The van der Waals surface area contributed by atoms with Crippen molar-refractivity contribution in [3.05, 3.63) is 59.5 Å². The van der Waals surface area contributed by atoms with Gasteiger partial charge in [-0.3, -0.25) is 4.90 Å². The van der Waals surface area contributed by atoms with Crippen LogP contribution in [0.2, 0.25) is 0 Å². The molecule has 2 heterocycles. The van der Waals surface area contributed by atoms with Gasteiger partial charge in [-0.15, -0.1) is 12.4 Å². The van der Waals surface area contributed by atoms with E-state index in [0.29, 0.717) is 17.4 Å². The summed E-state index contributed by atoms with van der Waals surface area (Å²) in [6.07, 6.45) is 11.9. The van der Waals surface area contributed by atoms with Gasteiger partial charge < -0.3 is 9.73 Å². The normalized spacial score (nSPS) is 21.4. The lowest BCUT2D eigenvalue weighted by atomic mass is 9.65. The Morgan fingerprint density at radius 1 is 1.07 bits per heavy atom. The molecule has 1 aromatic carbocycles. The van der Waals surface area contributed by atoms with E-state index < -0.39 is 0 Å². The second kappa shape index (κ2) is 10.1. The number of halogens is 1. The number of piperazine rings is 1. The highest BCUT2D eigenvalue weighted by molar-refractivity contribution is 5.85. The summed E-state index contributed by atoms with van der Waals surface area (Å²) in [5.41, 5.74) is 4.96. The van der Waals surface area contributed by atoms with Gasteiger partial charge in [-0.25, -0.2) is 0 Å². The van der Waals surface area contributed by atoms with E-state index in [1.807, 2.05) is 12.5 Å². The van der Waals surface area contributed by atoms with Gasteiger partial charge in [0, 0.05) is 31.7 Å². The first-order chi connectivity index (χ1) is 13.8. The van der Waals surface area contributed by atoms with Crippen LogP contribution in [-0.4, -0.2) is 31.1 Å². The van der Waals surface area contributed by atoms with Crippen LogP contribution in [0.1, 0.15) is 81.0 Å². The van der Waals surface area contributed by atoms with Gasteiger partial charge >= 0.3 is 0 Å². The molecule has 0 bridgehead atoms. The molecule has 4 rings (SSSR count). The Morgan fingerprint density at radius 3 is 2.38 bits per heavy atom. The van der Waals surface area contributed by atoms with Crippen molar-refractivity contribution in [2.75, 3.05) is 26.2 Å². The molecular formula is C25H37ClN2O. The Balaban J connectivity index is 0.00000240. The van der Waals surface area contributed by atoms with Gasteiger partial charge in [0.25, 0.3) is 0 Å². The molecular weight excluding hydrogens is 380 g/mol. The fourth-order valence-corrected chi connectivity index (χ4v) is 5.59. The quantitative estimate of drug-likeness (QED) is 0.611. The Labute approximate surface area is 182 Å². The monoisotopic (exact) mass is 416 g/mol. The van der Waals surface area contributed by atoms with Crippen molar-refractivity contribution in [3.63, 3.8) is 0 Å². The molecule has 0 spiro atoms. The van der Waals surface area contributed by atoms with E-state index in [0.717, 1.165) is 26.2 Å². The molecule has 1 aromatic heterocycles. The smallest absolute Gasteiger partial charge is 0.0953 e. The van der Waals surface area contributed by atoms with Gasteiger partial charge in [0.05, 0.1) is 18.6 Å². The van der Waals surface area contributed by atoms with Crippen molar-refractivity contribution in [2.45, 2.75) is 64.3 Å². The largest absolute Gasteiger partial charge is 0.472 e. The molecule has 0 radical (unpaired) electrons. The Kier molecular flexibility index (Phi) is 7.84. The molecule has 0 amide bonds. The second-order valence-corrected chi connectivity index (χ2v) is 8.86. The van der Waals surface area contributed by atoms with E-state index in [1.54, 1.807) is 5.56 Å². The Hall–Kier alpha value is -1.29. The Morgan fingerprint density at radius 2 is 1.76 bits per heavy atom. The average molecular weight is 417 g/mol. The number of rotatable bonds is 6. The van der Waals surface area contributed by atoms with Crippen molar-refractivity contribution in [2.24, 2.45) is 5.41 Å². The lowest BCUT2D eigenvalue weighted by Gasteiger charge is -2.41. The number of hydrogen-bond acceptors (Lipinski definition) is 3. The highest BCUT2D eigenvalue weighted by Gasteiger charge is 2.35. The third kappa shape index (κ3) is 4.73. The van der Waals surface area contributed by atoms with E-state index in [9.17, 15) is 0 Å². The van der Waals surface area contributed by atoms with E-state index in [4.69, 9.17) is 4.42 Å². The summed E-state index contributed by atoms with van der Waals surface area (Å²) in [4.78, 5) is 2.63. The summed E-state index contributed by atoms with van der Waals surface area (Å²) < 4.78 is 5.51. The first-order valence-electron chi connectivity index (χ1n) is 11.3. The SMILES string of the molecule is CCC1(CC)CCC(c2ccccc2C(c2ccoc2)N2CCNCC2)CC1.Cl. The number of benzene rings is 1. The zero-order valence-electron chi connectivity index (χ0n) is 18.0. The minimum atomic E-state index is 0. The summed E-state index contributed by atoms with van der Waals surface area (Å²) in [6.45, 7) is 9.08. The van der Waals surface area contributed by atoms with Crippen LogP contribution in [0.3, 0.4) is 0 Å². The maximum Gasteiger partial charge on any atom is 0.0953 e. The third-order valence-corrected chi connectivity index (χ3v) is 7.65. The van der Waals surface area contributed by atoms with Crippen LogP contribution in [0.15, 0.2) is 47.3 Å². The molecule has 3 nitrogen and oxygen atoms in total. The highest BCUT2D eigenvalue weighted by Crippen LogP contribution is 2.48. The zero-order chi connectivity index (χ0) is 19.4. The minimum absolute atomic E-state index is 0. The summed E-state index contributed by atoms with van der Waals surface area (Å²) in [7, 11) is 0. The minimum Gasteiger partial charge on any atom is -0.472 e. The van der Waals surface area contributed by atoms with Crippen molar-refractivity contribution < 1.29 is 4.42 Å². The van der Waals surface area contributed by atoms with Crippen molar-refractivity contribution in [1.29, 1.82) is 0 Å². The molecule has 1 unspecified atom stereocenters. The Bertz CT molecular complexity index is 725. The average Bonchev–Trinajstić information content (AvgIpc) is 3.30. The lowest BCUT2D eigenvalue weighted by Crippen LogP contribution is -2.45. The summed E-state index contributed by atoms with van der Waals surface area (Å²) in [5, 5.41) is 3.50. The fraction of sp³-hybridized carbons (Fsp3) is 0.600. The van der Waals surface area contributed by atoms with Crippen LogP contribution in [0.5, 0.6) is 0 Å². The van der Waals surface area contributed by atoms with Crippen LogP contribution in [-0.2, 0) is 0 Å². The van der Waals surface area contributed by atoms with Gasteiger partial charge in [-0.2, -0.15) is 0 Å². The van der Waals surface area contributed by atoms with Gasteiger partial charge in [-0.05, 0) is 54.2 Å². The van der Waals surface area contributed by atoms with Crippen LogP contribution in [0.25, 0.3) is 0 Å². The first-order valence-corrected chi connectivity index (χ1v) is 11.3. The number of furan rings is 1. The molecule has 1 saturated carbocycles. The standard InChI is InChI=1S/C25H36N2O.ClH/c1-3-25(4-2)12-9-20(10-13-25)22-7-5-6-8-23(22)24(21-11-18-28-19-21)27-16-14-26-15-17-27;/h5-8,11,18-20,24,26H,3-4,9-10,12-17H2,1-2H3;1H. The maximum atomic E-state index is 5.51. The van der Waals surface area contributed by atoms with Gasteiger partial charge in [0.15, 0.2) is 0 Å². The molecule has 1 atom stereocenters. The van der Waals surface area contributed by atoms with Crippen LogP contribution in [0.4, 0.5) is 0 Å². The molecule has 160 valence electrons. The van der Waals surface area contributed by atoms with E-state index >= 15 is 0 Å². The number of nitrogens with zero attached hydrogens (tertiary/aromatic N) is 1. The van der Waals surface area contributed by atoms with Gasteiger partial charge in [0.2, 0.25) is 0 Å². The van der Waals surface area contributed by atoms with Crippen LogP contribution < -0.4 is 5.32 Å². The van der Waals surface area contributed by atoms with Crippen molar-refractivity contribution >= 4 is 12.4 Å². The van der Waals surface area contributed by atoms with Crippen molar-refractivity contribution in [3.8, 4) is 0 Å². The molecule has 1 N–H and O–H groups in total. The zero-order valence-corrected chi connectivity index (χ0v) is 18.8. The molecule has 1 aliphatic heterocycles. The van der Waals surface area contributed by atoms with E-state index in [1.165, 1.54) is 49.7 Å². The molecule has 2 aromatic rings. The highest BCUT2D eigenvalue weighted by atomic mass is 35.5. The molecule has 1 aliphatic carbocycles. The molecule has 2 aliphatic rings. The molecule has 2 fully saturated rings. The van der Waals surface area contributed by atoms with Gasteiger partial charge in [-0.1, -0.05) is 51.0 Å². The molecule has 29 heavy (non-hydrogen) atoms. The summed E-state index contributed by atoms with van der Waals surface area (Å²) in [6, 6.07) is 11.7. The first kappa shape index (κ1) is 22.4. The lowest BCUT2D eigenvalue weighted by molar-refractivity contribution is 0.157. The van der Waals surface area contributed by atoms with Crippen LogP contribution >= 0.6 is 12.4 Å². The summed E-state index contributed by atoms with van der Waals surface area (Å²) >= 11 is 0. The predicted molar refractivity (Wildman–Crippen MR) is 123 cm³/mol. The van der Waals surface area contributed by atoms with Crippen LogP contribution in [0, 0.1) is 5.41 Å². The maximum absolute atomic E-state index is 5.51.